The third-order valence-electron chi connectivity index (χ3n) is 1.50. The fraction of sp³-hybridized carbons (Fsp3) is 0.857. The predicted octanol–water partition coefficient (Wildman–Crippen LogP) is 1.63. The highest BCUT2D eigenvalue weighted by Gasteiger charge is 1.97. The molecule has 0 aromatic carbocycles. The molecule has 1 fully saturated rings. The number of nitrogens with one attached hydrogen (secondary N) is 2. The molecule has 0 atom stereocenters. The Morgan fingerprint density at radius 2 is 1.50 bits per heavy atom. The lowest BCUT2D eigenvalue weighted by atomic mass is 10.4. The van der Waals surface area contributed by atoms with E-state index in [0.29, 0.717) is 0 Å². The summed E-state index contributed by atoms with van der Waals surface area (Å²) in [6.45, 7) is 0. The Balaban J connectivity index is 2.17. The SMILES string of the molecule is S=C1NCSCCCCSCN1. The molecule has 0 spiro atoms. The van der Waals surface area contributed by atoms with Crippen molar-refractivity contribution >= 4 is 40.9 Å². The van der Waals surface area contributed by atoms with E-state index in [1.54, 1.807) is 0 Å². The van der Waals surface area contributed by atoms with E-state index in [1.165, 1.54) is 24.3 Å². The van der Waals surface area contributed by atoms with Crippen LogP contribution in [0.3, 0.4) is 0 Å². The van der Waals surface area contributed by atoms with E-state index >= 15 is 0 Å². The van der Waals surface area contributed by atoms with Gasteiger partial charge in [0.15, 0.2) is 5.11 Å². The molecule has 0 bridgehead atoms. The lowest BCUT2D eigenvalue weighted by molar-refractivity contribution is 0.906. The quantitative estimate of drug-likeness (QED) is 0.607. The number of rotatable bonds is 0. The van der Waals surface area contributed by atoms with Crippen LogP contribution in [-0.2, 0) is 0 Å². The molecule has 12 heavy (non-hydrogen) atoms. The number of thioether (sulfide) groups is 2. The average Bonchev–Trinajstić information content (AvgIpc) is 2.11. The second-order valence-electron chi connectivity index (χ2n) is 2.49. The predicted molar refractivity (Wildman–Crippen MR) is 62.8 cm³/mol. The number of hydrogen-bond donors (Lipinski definition) is 2. The van der Waals surface area contributed by atoms with Gasteiger partial charge in [-0.25, -0.2) is 0 Å². The molecule has 2 nitrogen and oxygen atoms in total. The van der Waals surface area contributed by atoms with Gasteiger partial charge in [-0.15, -0.1) is 23.5 Å². The van der Waals surface area contributed by atoms with Gasteiger partial charge in [0.25, 0.3) is 0 Å². The van der Waals surface area contributed by atoms with Crippen LogP contribution >= 0.6 is 35.7 Å². The largest absolute Gasteiger partial charge is 0.354 e. The summed E-state index contributed by atoms with van der Waals surface area (Å²) in [5.74, 6) is 4.37. The zero-order valence-electron chi connectivity index (χ0n) is 6.97. The molecule has 5 heteroatoms. The van der Waals surface area contributed by atoms with Crippen molar-refractivity contribution < 1.29 is 0 Å². The zero-order chi connectivity index (χ0) is 8.65. The van der Waals surface area contributed by atoms with Gasteiger partial charge in [-0.2, -0.15) is 0 Å². The monoisotopic (exact) mass is 222 g/mol. The second kappa shape index (κ2) is 6.86. The normalized spacial score (nSPS) is 21.8. The Labute approximate surface area is 87.6 Å². The molecular weight excluding hydrogens is 208 g/mol. The van der Waals surface area contributed by atoms with E-state index in [4.69, 9.17) is 12.2 Å². The minimum atomic E-state index is 0.789. The standard InChI is InChI=1S/C7H14N2S3/c10-7-8-5-11-3-1-2-4-12-6-9-7/h1-6H2,(H2,8,9,10). The summed E-state index contributed by atoms with van der Waals surface area (Å²) < 4.78 is 0. The average molecular weight is 222 g/mol. The van der Waals surface area contributed by atoms with Crippen molar-refractivity contribution in [3.8, 4) is 0 Å². The first-order chi connectivity index (χ1) is 5.89. The van der Waals surface area contributed by atoms with E-state index in [0.717, 1.165) is 16.9 Å². The third-order valence-corrected chi connectivity index (χ3v) is 3.64. The number of thiocarbonyl (C=S) groups is 1. The molecule has 0 amide bonds. The van der Waals surface area contributed by atoms with Gasteiger partial charge in [0.05, 0.1) is 11.8 Å². The summed E-state index contributed by atoms with van der Waals surface area (Å²) in [5, 5.41) is 7.09. The van der Waals surface area contributed by atoms with Gasteiger partial charge < -0.3 is 10.6 Å². The van der Waals surface area contributed by atoms with Crippen molar-refractivity contribution in [3.63, 3.8) is 0 Å². The summed E-state index contributed by atoms with van der Waals surface area (Å²) in [5.41, 5.74) is 0. The minimum absolute atomic E-state index is 0.789. The van der Waals surface area contributed by atoms with E-state index < -0.39 is 0 Å². The van der Waals surface area contributed by atoms with Crippen molar-refractivity contribution in [2.45, 2.75) is 12.8 Å². The van der Waals surface area contributed by atoms with Crippen molar-refractivity contribution in [2.75, 3.05) is 23.3 Å². The molecule has 0 aromatic rings. The van der Waals surface area contributed by atoms with Gasteiger partial charge in [0.1, 0.15) is 0 Å². The smallest absolute Gasteiger partial charge is 0.167 e. The molecule has 1 saturated heterocycles. The van der Waals surface area contributed by atoms with E-state index in [-0.39, 0.29) is 0 Å². The Morgan fingerprint density at radius 3 is 2.00 bits per heavy atom. The fourth-order valence-electron chi connectivity index (χ4n) is 0.848. The lowest BCUT2D eigenvalue weighted by Crippen LogP contribution is -2.34. The maximum atomic E-state index is 5.05. The van der Waals surface area contributed by atoms with Crippen molar-refractivity contribution in [1.82, 2.24) is 10.6 Å². The van der Waals surface area contributed by atoms with Gasteiger partial charge >= 0.3 is 0 Å². The first kappa shape index (κ1) is 10.5. The van der Waals surface area contributed by atoms with Crippen LogP contribution in [0.25, 0.3) is 0 Å². The van der Waals surface area contributed by atoms with Gasteiger partial charge in [-0.05, 0) is 36.6 Å². The molecule has 1 rings (SSSR count). The zero-order valence-corrected chi connectivity index (χ0v) is 9.42. The summed E-state index contributed by atoms with van der Waals surface area (Å²) in [6, 6.07) is 0. The van der Waals surface area contributed by atoms with Crippen molar-refractivity contribution in [1.29, 1.82) is 0 Å². The highest BCUT2D eigenvalue weighted by molar-refractivity contribution is 7.99. The molecule has 0 aromatic heterocycles. The van der Waals surface area contributed by atoms with E-state index in [2.05, 4.69) is 10.6 Å². The molecule has 1 aliphatic heterocycles. The first-order valence-electron chi connectivity index (χ1n) is 4.07. The van der Waals surface area contributed by atoms with Crippen LogP contribution in [0.15, 0.2) is 0 Å². The Bertz CT molecular complexity index is 127. The second-order valence-corrected chi connectivity index (χ2v) is 5.11. The van der Waals surface area contributed by atoms with Crippen molar-refractivity contribution in [2.24, 2.45) is 0 Å². The Morgan fingerprint density at radius 1 is 1.00 bits per heavy atom. The third kappa shape index (κ3) is 5.11. The molecule has 1 heterocycles. The molecule has 0 aliphatic carbocycles. The fourth-order valence-corrected chi connectivity index (χ4v) is 2.77. The van der Waals surface area contributed by atoms with E-state index in [1.807, 2.05) is 23.5 Å². The minimum Gasteiger partial charge on any atom is -0.354 e. The summed E-state index contributed by atoms with van der Waals surface area (Å²) in [6.07, 6.45) is 2.65. The van der Waals surface area contributed by atoms with Gasteiger partial charge in [0, 0.05) is 0 Å². The summed E-state index contributed by atoms with van der Waals surface area (Å²) in [7, 11) is 0. The van der Waals surface area contributed by atoms with Gasteiger partial charge in [-0.3, -0.25) is 0 Å². The summed E-state index contributed by atoms with van der Waals surface area (Å²) in [4.78, 5) is 0. The van der Waals surface area contributed by atoms with Crippen LogP contribution in [0.5, 0.6) is 0 Å². The van der Waals surface area contributed by atoms with Crippen molar-refractivity contribution in [3.05, 3.63) is 0 Å². The molecule has 0 radical (unpaired) electrons. The Hall–Kier alpha value is 0.390. The first-order valence-corrected chi connectivity index (χ1v) is 6.78. The molecular formula is C7H14N2S3. The van der Waals surface area contributed by atoms with Crippen LogP contribution in [0.2, 0.25) is 0 Å². The lowest BCUT2D eigenvalue weighted by Gasteiger charge is -2.07. The van der Waals surface area contributed by atoms with Crippen LogP contribution in [0, 0.1) is 0 Å². The molecule has 0 saturated carbocycles. The molecule has 1 aliphatic rings. The van der Waals surface area contributed by atoms with Crippen LogP contribution in [0.1, 0.15) is 12.8 Å². The number of hydrogen-bond acceptors (Lipinski definition) is 3. The highest BCUT2D eigenvalue weighted by Crippen LogP contribution is 2.08. The van der Waals surface area contributed by atoms with Crippen LogP contribution in [0.4, 0.5) is 0 Å². The molecule has 2 N–H and O–H groups in total. The van der Waals surface area contributed by atoms with Gasteiger partial charge in [0.2, 0.25) is 0 Å². The summed E-state index contributed by atoms with van der Waals surface area (Å²) >= 11 is 8.89. The maximum Gasteiger partial charge on any atom is 0.167 e. The molecule has 0 unspecified atom stereocenters. The van der Waals surface area contributed by atoms with E-state index in [9.17, 15) is 0 Å². The molecule has 70 valence electrons. The van der Waals surface area contributed by atoms with Crippen LogP contribution < -0.4 is 10.6 Å². The Kier molecular flexibility index (Phi) is 5.98. The maximum absolute atomic E-state index is 5.05. The highest BCUT2D eigenvalue weighted by atomic mass is 32.2. The topological polar surface area (TPSA) is 24.1 Å². The van der Waals surface area contributed by atoms with Gasteiger partial charge in [-0.1, -0.05) is 0 Å². The van der Waals surface area contributed by atoms with Crippen LogP contribution in [-0.4, -0.2) is 28.4 Å².